The van der Waals surface area contributed by atoms with E-state index in [2.05, 4.69) is 38.2 Å². The molecule has 1 heterocycles. The van der Waals surface area contributed by atoms with E-state index in [-0.39, 0.29) is 5.54 Å². The molecule has 0 unspecified atom stereocenters. The molecule has 1 aliphatic rings. The minimum absolute atomic E-state index is 0.122. The van der Waals surface area contributed by atoms with E-state index in [9.17, 15) is 0 Å². The summed E-state index contributed by atoms with van der Waals surface area (Å²) < 4.78 is 5.32. The number of methoxy groups -OCH3 is 1. The number of hydrogen-bond donors (Lipinski definition) is 1. The first-order chi connectivity index (χ1) is 9.96. The number of hydrogen-bond acceptors (Lipinski definition) is 4. The van der Waals surface area contributed by atoms with Gasteiger partial charge in [-0.05, 0) is 57.4 Å². The smallest absolute Gasteiger partial charge is 0.119 e. The van der Waals surface area contributed by atoms with Crippen LogP contribution in [0.5, 0.6) is 5.75 Å². The molecular weight excluding hydrogens is 280 g/mol. The maximum Gasteiger partial charge on any atom is 0.119 e. The number of nitrogens with one attached hydrogen (secondary N) is 1. The molecule has 1 N–H and O–H groups in total. The van der Waals surface area contributed by atoms with Crippen molar-refractivity contribution in [2.45, 2.75) is 45.7 Å². The van der Waals surface area contributed by atoms with Crippen LogP contribution in [-0.2, 0) is 19.4 Å². The van der Waals surface area contributed by atoms with Gasteiger partial charge < -0.3 is 10.1 Å². The Hall–Kier alpha value is -1.39. The predicted molar refractivity (Wildman–Crippen MR) is 88.1 cm³/mol. The Morgan fingerprint density at radius 1 is 1.29 bits per heavy atom. The van der Waals surface area contributed by atoms with Gasteiger partial charge in [0.05, 0.1) is 12.8 Å². The molecule has 0 atom stereocenters. The van der Waals surface area contributed by atoms with Crippen molar-refractivity contribution >= 4 is 11.3 Å². The van der Waals surface area contributed by atoms with Crippen LogP contribution >= 0.6 is 11.3 Å². The van der Waals surface area contributed by atoms with Crippen molar-refractivity contribution in [3.63, 3.8) is 0 Å². The first-order valence-electron chi connectivity index (χ1n) is 7.37. The van der Waals surface area contributed by atoms with Crippen LogP contribution in [0.25, 0.3) is 11.3 Å². The first-order valence-corrected chi connectivity index (χ1v) is 8.19. The second-order valence-electron chi connectivity index (χ2n) is 6.51. The molecule has 3 nitrogen and oxygen atoms in total. The zero-order valence-corrected chi connectivity index (χ0v) is 13.9. The fourth-order valence-corrected chi connectivity index (χ4v) is 3.60. The number of benzene rings is 1. The molecule has 0 saturated carbocycles. The van der Waals surface area contributed by atoms with Crippen molar-refractivity contribution in [1.29, 1.82) is 0 Å². The summed E-state index contributed by atoms with van der Waals surface area (Å²) in [7, 11) is 1.72. The minimum Gasteiger partial charge on any atom is -0.497 e. The van der Waals surface area contributed by atoms with Crippen LogP contribution in [0.2, 0.25) is 0 Å². The van der Waals surface area contributed by atoms with E-state index in [0.29, 0.717) is 0 Å². The standard InChI is InChI=1S/C17H22N2OS/c1-17(2,3)18-10-15-19-16-13-7-6-12(20-4)9-11(13)5-8-14(16)21-15/h6-7,9,18H,5,8,10H2,1-4H3. The van der Waals surface area contributed by atoms with E-state index in [1.54, 1.807) is 7.11 Å². The molecule has 1 aliphatic carbocycles. The average molecular weight is 302 g/mol. The summed E-state index contributed by atoms with van der Waals surface area (Å²) in [6.45, 7) is 7.39. The SMILES string of the molecule is COc1ccc2c(c1)CCc1sc(CNC(C)(C)C)nc1-2. The molecule has 1 aromatic carbocycles. The van der Waals surface area contributed by atoms with Crippen molar-refractivity contribution in [2.24, 2.45) is 0 Å². The Morgan fingerprint density at radius 3 is 2.81 bits per heavy atom. The predicted octanol–water partition coefficient (Wildman–Crippen LogP) is 3.81. The summed E-state index contributed by atoms with van der Waals surface area (Å²) in [5.41, 5.74) is 3.92. The van der Waals surface area contributed by atoms with Crippen molar-refractivity contribution in [3.05, 3.63) is 33.6 Å². The third-order valence-electron chi connectivity index (χ3n) is 3.70. The van der Waals surface area contributed by atoms with Gasteiger partial charge in [-0.1, -0.05) is 0 Å². The number of aryl methyl sites for hydroxylation is 2. The van der Waals surface area contributed by atoms with Gasteiger partial charge in [-0.3, -0.25) is 0 Å². The number of rotatable bonds is 3. The average Bonchev–Trinajstić information content (AvgIpc) is 2.87. The van der Waals surface area contributed by atoms with Crippen LogP contribution in [0.1, 0.15) is 36.2 Å². The lowest BCUT2D eigenvalue weighted by Gasteiger charge is -2.19. The lowest BCUT2D eigenvalue weighted by atomic mass is 9.93. The van der Waals surface area contributed by atoms with Gasteiger partial charge in [-0.2, -0.15) is 0 Å². The maximum atomic E-state index is 5.32. The van der Waals surface area contributed by atoms with E-state index < -0.39 is 0 Å². The number of fused-ring (bicyclic) bond motifs is 3. The summed E-state index contributed by atoms with van der Waals surface area (Å²) in [4.78, 5) is 6.28. The van der Waals surface area contributed by atoms with Gasteiger partial charge in [0.25, 0.3) is 0 Å². The van der Waals surface area contributed by atoms with Crippen LogP contribution in [0.3, 0.4) is 0 Å². The number of thiazole rings is 1. The Kier molecular flexibility index (Phi) is 3.76. The van der Waals surface area contributed by atoms with E-state index in [1.165, 1.54) is 26.7 Å². The third-order valence-corrected chi connectivity index (χ3v) is 4.82. The number of aromatic nitrogens is 1. The van der Waals surface area contributed by atoms with Gasteiger partial charge in [-0.15, -0.1) is 11.3 Å². The molecule has 4 heteroatoms. The van der Waals surface area contributed by atoms with E-state index in [1.807, 2.05) is 17.4 Å². The van der Waals surface area contributed by atoms with E-state index in [4.69, 9.17) is 9.72 Å². The third kappa shape index (κ3) is 3.11. The molecule has 3 rings (SSSR count). The number of ether oxygens (including phenoxy) is 1. The quantitative estimate of drug-likeness (QED) is 0.936. The van der Waals surface area contributed by atoms with Crippen LogP contribution in [0.15, 0.2) is 18.2 Å². The second-order valence-corrected chi connectivity index (χ2v) is 7.67. The fourth-order valence-electron chi connectivity index (χ4n) is 2.58. The highest BCUT2D eigenvalue weighted by Crippen LogP contribution is 2.37. The lowest BCUT2D eigenvalue weighted by Crippen LogP contribution is -2.34. The summed E-state index contributed by atoms with van der Waals surface area (Å²) >= 11 is 1.84. The maximum absolute atomic E-state index is 5.32. The first kappa shape index (κ1) is 14.5. The Bertz CT molecular complexity index is 655. The molecule has 0 spiro atoms. The molecule has 1 aromatic heterocycles. The highest BCUT2D eigenvalue weighted by atomic mass is 32.1. The van der Waals surface area contributed by atoms with Crippen molar-refractivity contribution in [2.75, 3.05) is 7.11 Å². The minimum atomic E-state index is 0.122. The fraction of sp³-hybridized carbons (Fsp3) is 0.471. The summed E-state index contributed by atoms with van der Waals surface area (Å²) in [6.07, 6.45) is 2.16. The van der Waals surface area contributed by atoms with Crippen molar-refractivity contribution in [3.8, 4) is 17.0 Å². The summed E-state index contributed by atoms with van der Waals surface area (Å²) in [5.74, 6) is 0.932. The molecule has 112 valence electrons. The molecular formula is C17H22N2OS. The van der Waals surface area contributed by atoms with Gasteiger partial charge in [-0.25, -0.2) is 4.98 Å². The normalized spacial score (nSPS) is 13.7. The summed E-state index contributed by atoms with van der Waals surface area (Å²) in [6, 6.07) is 6.32. The molecule has 0 saturated heterocycles. The molecule has 0 radical (unpaired) electrons. The zero-order chi connectivity index (χ0) is 15.0. The Balaban J connectivity index is 1.89. The van der Waals surface area contributed by atoms with Gasteiger partial charge >= 0.3 is 0 Å². The van der Waals surface area contributed by atoms with Crippen LogP contribution in [0.4, 0.5) is 0 Å². The molecule has 0 fully saturated rings. The molecule has 21 heavy (non-hydrogen) atoms. The van der Waals surface area contributed by atoms with Crippen LogP contribution in [0, 0.1) is 0 Å². The topological polar surface area (TPSA) is 34.1 Å². The van der Waals surface area contributed by atoms with Crippen molar-refractivity contribution in [1.82, 2.24) is 10.3 Å². The van der Waals surface area contributed by atoms with Gasteiger partial charge in [0.1, 0.15) is 10.8 Å². The lowest BCUT2D eigenvalue weighted by molar-refractivity contribution is 0.414. The van der Waals surface area contributed by atoms with E-state index in [0.717, 1.165) is 25.1 Å². The Morgan fingerprint density at radius 2 is 2.10 bits per heavy atom. The Labute approximate surface area is 130 Å². The van der Waals surface area contributed by atoms with Crippen molar-refractivity contribution < 1.29 is 4.74 Å². The highest BCUT2D eigenvalue weighted by molar-refractivity contribution is 7.12. The largest absolute Gasteiger partial charge is 0.497 e. The zero-order valence-electron chi connectivity index (χ0n) is 13.1. The van der Waals surface area contributed by atoms with Gasteiger partial charge in [0, 0.05) is 22.5 Å². The molecule has 0 aliphatic heterocycles. The highest BCUT2D eigenvalue weighted by Gasteiger charge is 2.21. The molecule has 0 bridgehead atoms. The molecule has 2 aromatic rings. The van der Waals surface area contributed by atoms with Gasteiger partial charge in [0.2, 0.25) is 0 Å². The summed E-state index contributed by atoms with van der Waals surface area (Å²) in [5, 5.41) is 4.70. The molecule has 0 amide bonds. The monoisotopic (exact) mass is 302 g/mol. The number of nitrogens with zero attached hydrogens (tertiary/aromatic N) is 1. The van der Waals surface area contributed by atoms with Crippen LogP contribution in [-0.4, -0.2) is 17.6 Å². The van der Waals surface area contributed by atoms with E-state index >= 15 is 0 Å². The van der Waals surface area contributed by atoms with Gasteiger partial charge in [0.15, 0.2) is 0 Å². The van der Waals surface area contributed by atoms with Crippen LogP contribution < -0.4 is 10.1 Å². The second kappa shape index (κ2) is 5.43.